The van der Waals surface area contributed by atoms with Crippen LogP contribution in [0.15, 0.2) is 48.5 Å². The summed E-state index contributed by atoms with van der Waals surface area (Å²) in [6.07, 6.45) is -0.339. The van der Waals surface area contributed by atoms with Crippen LogP contribution in [0.25, 0.3) is 5.69 Å². The number of hydrogen-bond acceptors (Lipinski definition) is 5. The number of hydrogen-bond donors (Lipinski definition) is 2. The largest absolute Gasteiger partial charge is 0.496 e. The van der Waals surface area contributed by atoms with Gasteiger partial charge in [-0.2, -0.15) is 0 Å². The average Bonchev–Trinajstić information content (AvgIpc) is 2.99. The molecule has 0 spiro atoms. The minimum absolute atomic E-state index is 0.125. The topological polar surface area (TPSA) is 55.3 Å². The summed E-state index contributed by atoms with van der Waals surface area (Å²) in [5.41, 5.74) is 1.88. The molecule has 0 saturated heterocycles. The number of thiazole rings is 1. The number of aromatic nitrogens is 1. The zero-order valence-electron chi connectivity index (χ0n) is 13.7. The molecular weight excluding hydrogens is 481 g/mol. The van der Waals surface area contributed by atoms with Gasteiger partial charge in [-0.05, 0) is 64.6 Å². The van der Waals surface area contributed by atoms with E-state index in [1.807, 2.05) is 53.1 Å². The lowest BCUT2D eigenvalue weighted by Crippen LogP contribution is -2.38. The molecule has 1 atom stereocenters. The summed E-state index contributed by atoms with van der Waals surface area (Å²) in [6.45, 7) is 0. The summed E-state index contributed by atoms with van der Waals surface area (Å²) in [5, 5.41) is 6.43. The molecule has 1 aliphatic rings. The number of para-hydroxylation sites is 1. The average molecular weight is 495 g/mol. The molecule has 4 rings (SSSR count). The van der Waals surface area contributed by atoms with Crippen molar-refractivity contribution in [3.05, 3.63) is 66.5 Å². The molecule has 0 aliphatic carbocycles. The fourth-order valence-corrected chi connectivity index (χ4v) is 4.94. The molecule has 3 aromatic rings. The van der Waals surface area contributed by atoms with Crippen molar-refractivity contribution >= 4 is 57.9 Å². The van der Waals surface area contributed by atoms with Crippen molar-refractivity contribution in [1.82, 2.24) is 9.88 Å². The Kier molecular flexibility index (Phi) is 4.72. The van der Waals surface area contributed by atoms with Crippen LogP contribution in [0.5, 0.6) is 5.75 Å². The van der Waals surface area contributed by atoms with Crippen LogP contribution in [-0.2, 0) is 0 Å². The Balaban J connectivity index is 1.78. The molecule has 2 heterocycles. The van der Waals surface area contributed by atoms with Crippen LogP contribution in [0.2, 0.25) is 0 Å². The van der Waals surface area contributed by atoms with E-state index in [1.165, 1.54) is 11.3 Å². The van der Waals surface area contributed by atoms with Gasteiger partial charge in [0.1, 0.15) is 22.6 Å². The van der Waals surface area contributed by atoms with Gasteiger partial charge in [0, 0.05) is 5.69 Å². The van der Waals surface area contributed by atoms with Gasteiger partial charge >= 0.3 is 0 Å². The Labute approximate surface area is 173 Å². The maximum absolute atomic E-state index is 12.6. The summed E-state index contributed by atoms with van der Waals surface area (Å²) in [7, 11) is 1.64. The number of halogens is 1. The van der Waals surface area contributed by atoms with Crippen molar-refractivity contribution in [3.8, 4) is 11.4 Å². The van der Waals surface area contributed by atoms with Crippen LogP contribution in [-0.4, -0.2) is 17.6 Å². The number of methoxy groups -OCH3 is 1. The van der Waals surface area contributed by atoms with Crippen molar-refractivity contribution in [1.29, 1.82) is 0 Å². The molecule has 1 aromatic heterocycles. The zero-order valence-corrected chi connectivity index (χ0v) is 17.4. The maximum atomic E-state index is 12.6. The van der Waals surface area contributed by atoms with E-state index in [0.29, 0.717) is 8.83 Å². The Hall–Kier alpha value is -1.91. The van der Waals surface area contributed by atoms with Gasteiger partial charge in [0.05, 0.1) is 10.7 Å². The fraction of sp³-hybridized carbons (Fsp3) is 0.111. The van der Waals surface area contributed by atoms with Crippen molar-refractivity contribution in [3.63, 3.8) is 0 Å². The van der Waals surface area contributed by atoms with E-state index in [9.17, 15) is 4.79 Å². The summed E-state index contributed by atoms with van der Waals surface area (Å²) >= 11 is 9.04. The Bertz CT molecular complexity index is 1050. The summed E-state index contributed by atoms with van der Waals surface area (Å²) in [5.74, 6) is 1.41. The van der Waals surface area contributed by atoms with E-state index in [2.05, 4.69) is 33.2 Å². The van der Waals surface area contributed by atoms with Gasteiger partial charge in [-0.25, -0.2) is 0 Å². The molecule has 0 unspecified atom stereocenters. The zero-order chi connectivity index (χ0) is 18.3. The first kappa shape index (κ1) is 17.5. The third-order valence-electron chi connectivity index (χ3n) is 4.10. The van der Waals surface area contributed by atoms with E-state index >= 15 is 0 Å². The molecule has 132 valence electrons. The highest BCUT2D eigenvalue weighted by Gasteiger charge is 2.30. The molecule has 2 aromatic carbocycles. The molecule has 8 heteroatoms. The molecule has 5 nitrogen and oxygen atoms in total. The number of rotatable bonds is 3. The third kappa shape index (κ3) is 3.01. The number of carbonyl (C=O) groups excluding carboxylic acids is 1. The molecule has 0 radical (unpaired) electrons. The number of benzene rings is 2. The van der Waals surface area contributed by atoms with E-state index in [-0.39, 0.29) is 12.1 Å². The van der Waals surface area contributed by atoms with Crippen LogP contribution in [0.4, 0.5) is 5.82 Å². The number of ether oxygens (including phenoxy) is 1. The number of carbonyl (C=O) groups is 1. The lowest BCUT2D eigenvalue weighted by molar-refractivity contribution is 0.0939. The summed E-state index contributed by atoms with van der Waals surface area (Å²) < 4.78 is 8.84. The van der Waals surface area contributed by atoms with Gasteiger partial charge in [0.25, 0.3) is 5.91 Å². The maximum Gasteiger partial charge on any atom is 0.267 e. The van der Waals surface area contributed by atoms with Crippen LogP contribution >= 0.6 is 46.1 Å². The van der Waals surface area contributed by atoms with E-state index in [1.54, 1.807) is 7.11 Å². The van der Waals surface area contributed by atoms with Crippen molar-refractivity contribution in [2.75, 3.05) is 12.4 Å². The minimum atomic E-state index is -0.339. The second-order valence-corrected chi connectivity index (χ2v) is 8.47. The molecule has 1 amide bonds. The van der Waals surface area contributed by atoms with Gasteiger partial charge < -0.3 is 15.4 Å². The van der Waals surface area contributed by atoms with E-state index in [0.717, 1.165) is 26.4 Å². The first-order valence-corrected chi connectivity index (χ1v) is 10.1. The van der Waals surface area contributed by atoms with Gasteiger partial charge in [-0.3, -0.25) is 9.36 Å². The Morgan fingerprint density at radius 3 is 2.65 bits per heavy atom. The first-order chi connectivity index (χ1) is 12.6. The highest BCUT2D eigenvalue weighted by Crippen LogP contribution is 2.35. The normalized spacial score (nSPS) is 15.8. The quantitative estimate of drug-likeness (QED) is 0.408. The second kappa shape index (κ2) is 7.01. The van der Waals surface area contributed by atoms with Crippen LogP contribution in [0.1, 0.15) is 21.4 Å². The Morgan fingerprint density at radius 1 is 1.19 bits per heavy atom. The van der Waals surface area contributed by atoms with Crippen molar-refractivity contribution < 1.29 is 9.53 Å². The number of amides is 1. The van der Waals surface area contributed by atoms with Gasteiger partial charge in [0.2, 0.25) is 0 Å². The lowest BCUT2D eigenvalue weighted by Gasteiger charge is -2.27. The fourth-order valence-electron chi connectivity index (χ4n) is 2.87. The van der Waals surface area contributed by atoms with Crippen molar-refractivity contribution in [2.45, 2.75) is 6.17 Å². The molecule has 0 fully saturated rings. The number of fused-ring (bicyclic) bond motifs is 1. The van der Waals surface area contributed by atoms with Crippen LogP contribution in [0, 0.1) is 7.52 Å². The smallest absolute Gasteiger partial charge is 0.267 e. The van der Waals surface area contributed by atoms with E-state index < -0.39 is 0 Å². The number of nitrogens with one attached hydrogen (secondary N) is 2. The standard InChI is InChI=1S/C18H14IN3O2S2/c1-24-13-8-7-10(9-12(13)19)15-20-16-14(17(23)21-15)26-18(25)22(16)11-5-3-2-4-6-11/h2-9,15,20H,1H3,(H,21,23)/t15-/m1/s1. The minimum Gasteiger partial charge on any atom is -0.496 e. The number of anilines is 1. The van der Waals surface area contributed by atoms with Gasteiger partial charge in [0.15, 0.2) is 3.95 Å². The SMILES string of the molecule is COc1ccc([C@H]2NC(=O)c3sc(=S)n(-c4ccccc4)c3N2)cc1I. The predicted octanol–water partition coefficient (Wildman–Crippen LogP) is 4.74. The highest BCUT2D eigenvalue weighted by molar-refractivity contribution is 14.1. The lowest BCUT2D eigenvalue weighted by atomic mass is 10.1. The van der Waals surface area contributed by atoms with E-state index in [4.69, 9.17) is 17.0 Å². The second-order valence-electron chi connectivity index (χ2n) is 5.66. The van der Waals surface area contributed by atoms with Crippen LogP contribution < -0.4 is 15.4 Å². The third-order valence-corrected chi connectivity index (χ3v) is 6.31. The molecular formula is C18H14IN3O2S2. The monoisotopic (exact) mass is 495 g/mol. The molecule has 2 N–H and O–H groups in total. The van der Waals surface area contributed by atoms with Crippen molar-refractivity contribution in [2.24, 2.45) is 0 Å². The molecule has 26 heavy (non-hydrogen) atoms. The molecule has 1 aliphatic heterocycles. The van der Waals surface area contributed by atoms with Gasteiger partial charge in [-0.15, -0.1) is 0 Å². The summed E-state index contributed by atoms with van der Waals surface area (Å²) in [6, 6.07) is 15.6. The van der Waals surface area contributed by atoms with Gasteiger partial charge in [-0.1, -0.05) is 35.6 Å². The Morgan fingerprint density at radius 2 is 1.96 bits per heavy atom. The van der Waals surface area contributed by atoms with Crippen LogP contribution in [0.3, 0.4) is 0 Å². The molecule has 0 saturated carbocycles. The number of nitrogens with zero attached hydrogens (tertiary/aromatic N) is 1. The highest BCUT2D eigenvalue weighted by atomic mass is 127. The summed E-state index contributed by atoms with van der Waals surface area (Å²) in [4.78, 5) is 13.2. The predicted molar refractivity (Wildman–Crippen MR) is 114 cm³/mol. The first-order valence-electron chi connectivity index (χ1n) is 7.80. The molecule has 0 bridgehead atoms.